The third-order valence-electron chi connectivity index (χ3n) is 2.92. The van der Waals surface area contributed by atoms with E-state index in [2.05, 4.69) is 11.2 Å². The normalized spacial score (nSPS) is 14.6. The smallest absolute Gasteiger partial charge is 0.133 e. The molecule has 3 rings (SSSR count). The van der Waals surface area contributed by atoms with Crippen LogP contribution in [0.5, 0.6) is 0 Å². The first-order valence-corrected chi connectivity index (χ1v) is 5.92. The van der Waals surface area contributed by atoms with Crippen molar-refractivity contribution < 1.29 is 0 Å². The van der Waals surface area contributed by atoms with Gasteiger partial charge in [-0.25, -0.2) is 4.68 Å². The molecule has 4 heteroatoms. The lowest BCUT2D eigenvalue weighted by atomic mass is 10.2. The molecular weight excluding hydrogens is 234 g/mol. The van der Waals surface area contributed by atoms with E-state index in [1.165, 1.54) is 12.8 Å². The summed E-state index contributed by atoms with van der Waals surface area (Å²) in [6, 6.07) is 11.3. The number of hydrogen-bond acceptors (Lipinski definition) is 2. The molecule has 1 aromatic carbocycles. The number of benzene rings is 1. The van der Waals surface area contributed by atoms with Gasteiger partial charge in [-0.2, -0.15) is 10.4 Å². The molecule has 17 heavy (non-hydrogen) atoms. The Morgan fingerprint density at radius 1 is 1.29 bits per heavy atom. The van der Waals surface area contributed by atoms with Gasteiger partial charge in [-0.3, -0.25) is 0 Å². The highest BCUT2D eigenvalue weighted by atomic mass is 35.5. The molecule has 0 saturated heterocycles. The summed E-state index contributed by atoms with van der Waals surface area (Å²) in [5.74, 6) is 0.590. The zero-order valence-corrected chi connectivity index (χ0v) is 9.85. The van der Waals surface area contributed by atoms with E-state index in [0.29, 0.717) is 16.6 Å². The van der Waals surface area contributed by atoms with Crippen molar-refractivity contribution in [2.45, 2.75) is 18.8 Å². The lowest BCUT2D eigenvalue weighted by Gasteiger charge is -2.02. The Kier molecular flexibility index (Phi) is 2.38. The quantitative estimate of drug-likeness (QED) is 0.812. The molecule has 2 aromatic rings. The van der Waals surface area contributed by atoms with Gasteiger partial charge in [0.05, 0.1) is 23.0 Å². The Morgan fingerprint density at radius 3 is 2.59 bits per heavy atom. The molecular formula is C13H10ClN3. The summed E-state index contributed by atoms with van der Waals surface area (Å²) in [5, 5.41) is 13.9. The predicted molar refractivity (Wildman–Crippen MR) is 65.3 cm³/mol. The Morgan fingerprint density at radius 2 is 2.00 bits per heavy atom. The molecule has 0 aliphatic heterocycles. The zero-order chi connectivity index (χ0) is 11.8. The number of aromatic nitrogens is 2. The van der Waals surface area contributed by atoms with Crippen LogP contribution in [-0.4, -0.2) is 9.78 Å². The van der Waals surface area contributed by atoms with Crippen LogP contribution in [0.1, 0.15) is 30.0 Å². The third kappa shape index (κ3) is 1.92. The Balaban J connectivity index is 1.99. The van der Waals surface area contributed by atoms with Gasteiger partial charge in [0.15, 0.2) is 0 Å². The van der Waals surface area contributed by atoms with E-state index in [4.69, 9.17) is 16.9 Å². The topological polar surface area (TPSA) is 41.6 Å². The van der Waals surface area contributed by atoms with Crippen molar-refractivity contribution >= 4 is 11.6 Å². The number of nitrogens with zero attached hydrogens (tertiary/aromatic N) is 3. The van der Waals surface area contributed by atoms with Crippen molar-refractivity contribution in [1.29, 1.82) is 5.26 Å². The van der Waals surface area contributed by atoms with Gasteiger partial charge < -0.3 is 0 Å². The predicted octanol–water partition coefficient (Wildman–Crippen LogP) is 3.27. The van der Waals surface area contributed by atoms with Gasteiger partial charge in [-0.15, -0.1) is 0 Å². The van der Waals surface area contributed by atoms with Crippen LogP contribution in [0.3, 0.4) is 0 Å². The second-order valence-corrected chi connectivity index (χ2v) is 4.62. The van der Waals surface area contributed by atoms with E-state index in [1.807, 2.05) is 18.2 Å². The SMILES string of the molecule is N#Cc1ccc(-n2nc(C3CC3)cc2Cl)cc1. The molecule has 0 spiro atoms. The fourth-order valence-electron chi connectivity index (χ4n) is 1.81. The fourth-order valence-corrected chi connectivity index (χ4v) is 2.06. The van der Waals surface area contributed by atoms with Gasteiger partial charge in [-0.1, -0.05) is 11.6 Å². The second kappa shape index (κ2) is 3.90. The van der Waals surface area contributed by atoms with Crippen LogP contribution in [0.25, 0.3) is 5.69 Å². The van der Waals surface area contributed by atoms with Crippen LogP contribution < -0.4 is 0 Å². The van der Waals surface area contributed by atoms with Crippen LogP contribution in [0, 0.1) is 11.3 Å². The van der Waals surface area contributed by atoms with E-state index < -0.39 is 0 Å². The Labute approximate surface area is 104 Å². The molecule has 3 nitrogen and oxygen atoms in total. The van der Waals surface area contributed by atoms with Crippen molar-refractivity contribution in [3.8, 4) is 11.8 Å². The number of halogens is 1. The van der Waals surface area contributed by atoms with Gasteiger partial charge in [0.2, 0.25) is 0 Å². The van der Waals surface area contributed by atoms with Crippen molar-refractivity contribution in [3.63, 3.8) is 0 Å². The van der Waals surface area contributed by atoms with Gasteiger partial charge in [0.25, 0.3) is 0 Å². The molecule has 1 aliphatic carbocycles. The van der Waals surface area contributed by atoms with Gasteiger partial charge in [0, 0.05) is 5.92 Å². The molecule has 1 heterocycles. The molecule has 0 unspecified atom stereocenters. The summed E-state index contributed by atoms with van der Waals surface area (Å²) in [7, 11) is 0. The summed E-state index contributed by atoms with van der Waals surface area (Å²) in [4.78, 5) is 0. The van der Waals surface area contributed by atoms with E-state index in [-0.39, 0.29) is 0 Å². The van der Waals surface area contributed by atoms with Crippen LogP contribution in [0.15, 0.2) is 30.3 Å². The molecule has 1 aliphatic rings. The van der Waals surface area contributed by atoms with E-state index in [0.717, 1.165) is 11.4 Å². The first-order valence-electron chi connectivity index (χ1n) is 5.54. The molecule has 84 valence electrons. The fraction of sp³-hybridized carbons (Fsp3) is 0.231. The largest absolute Gasteiger partial charge is 0.222 e. The van der Waals surface area contributed by atoms with Crippen molar-refractivity contribution in [3.05, 3.63) is 46.7 Å². The van der Waals surface area contributed by atoms with Gasteiger partial charge in [-0.05, 0) is 43.2 Å². The Bertz CT molecular complexity index is 588. The first-order chi connectivity index (χ1) is 8.28. The molecule has 0 bridgehead atoms. The average molecular weight is 244 g/mol. The highest BCUT2D eigenvalue weighted by Gasteiger charge is 2.27. The summed E-state index contributed by atoms with van der Waals surface area (Å²) < 4.78 is 1.72. The lowest BCUT2D eigenvalue weighted by Crippen LogP contribution is -1.97. The Hall–Kier alpha value is -1.79. The third-order valence-corrected chi connectivity index (χ3v) is 3.19. The first kappa shape index (κ1) is 10.4. The lowest BCUT2D eigenvalue weighted by molar-refractivity contribution is 0.838. The van der Waals surface area contributed by atoms with E-state index in [9.17, 15) is 0 Å². The summed E-state index contributed by atoms with van der Waals surface area (Å²) in [5.41, 5.74) is 2.60. The summed E-state index contributed by atoms with van der Waals surface area (Å²) >= 11 is 6.16. The summed E-state index contributed by atoms with van der Waals surface area (Å²) in [6.07, 6.45) is 2.42. The number of hydrogen-bond donors (Lipinski definition) is 0. The molecule has 1 fully saturated rings. The van der Waals surface area contributed by atoms with Crippen LogP contribution in [0.4, 0.5) is 0 Å². The summed E-state index contributed by atoms with van der Waals surface area (Å²) in [6.45, 7) is 0. The van der Waals surface area contributed by atoms with Gasteiger partial charge in [0.1, 0.15) is 5.15 Å². The maximum absolute atomic E-state index is 8.74. The number of rotatable bonds is 2. The molecule has 0 amide bonds. The molecule has 1 saturated carbocycles. The van der Waals surface area contributed by atoms with E-state index >= 15 is 0 Å². The molecule has 1 aromatic heterocycles. The van der Waals surface area contributed by atoms with Crippen molar-refractivity contribution in [2.75, 3.05) is 0 Å². The van der Waals surface area contributed by atoms with Crippen LogP contribution in [0.2, 0.25) is 5.15 Å². The minimum Gasteiger partial charge on any atom is -0.222 e. The minimum atomic E-state index is 0.590. The second-order valence-electron chi connectivity index (χ2n) is 4.24. The maximum Gasteiger partial charge on any atom is 0.133 e. The zero-order valence-electron chi connectivity index (χ0n) is 9.10. The van der Waals surface area contributed by atoms with Gasteiger partial charge >= 0.3 is 0 Å². The highest BCUT2D eigenvalue weighted by Crippen LogP contribution is 2.40. The monoisotopic (exact) mass is 243 g/mol. The minimum absolute atomic E-state index is 0.590. The van der Waals surface area contributed by atoms with Crippen molar-refractivity contribution in [1.82, 2.24) is 9.78 Å². The number of nitriles is 1. The molecule has 0 atom stereocenters. The van der Waals surface area contributed by atoms with E-state index in [1.54, 1.807) is 16.8 Å². The highest BCUT2D eigenvalue weighted by molar-refractivity contribution is 6.29. The van der Waals surface area contributed by atoms with Crippen molar-refractivity contribution in [2.24, 2.45) is 0 Å². The molecule has 0 radical (unpaired) electrons. The average Bonchev–Trinajstić information content (AvgIpc) is 3.13. The molecule has 0 N–H and O–H groups in total. The maximum atomic E-state index is 8.74. The standard InChI is InChI=1S/C13H10ClN3/c14-13-7-12(10-3-4-10)16-17(13)11-5-1-9(8-15)2-6-11/h1-2,5-7,10H,3-4H2. The van der Waals surface area contributed by atoms with Crippen LogP contribution in [-0.2, 0) is 0 Å². The van der Waals surface area contributed by atoms with Crippen LogP contribution >= 0.6 is 11.6 Å².